The van der Waals surface area contributed by atoms with Gasteiger partial charge in [-0.1, -0.05) is 23.7 Å². The van der Waals surface area contributed by atoms with Gasteiger partial charge in [0.2, 0.25) is 5.91 Å². The molecule has 214 valence electrons. The fourth-order valence-corrected chi connectivity index (χ4v) is 6.57. The molecule has 2 aliphatic rings. The SMILES string of the molecule is Cc1c[nH]c2ncnc(N3C[C@H]4CC[C@@H](C3)N4C(=O)[C@H](COC(=O)N(C(C)C)C(C)(C)C)c3ccc(Cl)cc3)c12. The van der Waals surface area contributed by atoms with Gasteiger partial charge in [-0.3, -0.25) is 4.79 Å². The number of piperazine rings is 1. The van der Waals surface area contributed by atoms with E-state index in [-0.39, 0.29) is 30.6 Å². The van der Waals surface area contributed by atoms with Gasteiger partial charge in [0, 0.05) is 48.0 Å². The predicted octanol–water partition coefficient (Wildman–Crippen LogP) is 5.53. The van der Waals surface area contributed by atoms with Crippen LogP contribution in [0.15, 0.2) is 36.8 Å². The number of anilines is 1. The minimum Gasteiger partial charge on any atom is -0.448 e. The summed E-state index contributed by atoms with van der Waals surface area (Å²) in [5.74, 6) is 0.272. The van der Waals surface area contributed by atoms with Crippen LogP contribution >= 0.6 is 11.6 Å². The summed E-state index contributed by atoms with van der Waals surface area (Å²) in [5.41, 5.74) is 2.30. The topological polar surface area (TPSA) is 94.7 Å². The van der Waals surface area contributed by atoms with E-state index >= 15 is 0 Å². The molecule has 2 bridgehead atoms. The minimum absolute atomic E-state index is 0.0141. The zero-order valence-corrected chi connectivity index (χ0v) is 24.9. The van der Waals surface area contributed by atoms with Crippen LogP contribution in [0.2, 0.25) is 5.02 Å². The third kappa shape index (κ3) is 5.36. The maximum absolute atomic E-state index is 14.3. The molecule has 40 heavy (non-hydrogen) atoms. The van der Waals surface area contributed by atoms with Crippen LogP contribution in [0.5, 0.6) is 0 Å². The molecule has 0 spiro atoms. The predicted molar refractivity (Wildman–Crippen MR) is 157 cm³/mol. The number of carbonyl (C=O) groups excluding carboxylic acids is 2. The number of halogens is 1. The zero-order valence-electron chi connectivity index (χ0n) is 24.1. The van der Waals surface area contributed by atoms with E-state index in [0.717, 1.165) is 40.8 Å². The number of hydrogen-bond donors (Lipinski definition) is 1. The highest BCUT2D eigenvalue weighted by Crippen LogP contribution is 2.37. The highest BCUT2D eigenvalue weighted by molar-refractivity contribution is 6.30. The van der Waals surface area contributed by atoms with E-state index in [1.54, 1.807) is 23.4 Å². The Morgan fingerprint density at radius 3 is 2.38 bits per heavy atom. The highest BCUT2D eigenvalue weighted by atomic mass is 35.5. The molecule has 2 amide bonds. The smallest absolute Gasteiger partial charge is 0.410 e. The third-order valence-corrected chi connectivity index (χ3v) is 8.31. The Kier molecular flexibility index (Phi) is 7.70. The van der Waals surface area contributed by atoms with Gasteiger partial charge < -0.3 is 24.4 Å². The lowest BCUT2D eigenvalue weighted by Gasteiger charge is -2.43. The van der Waals surface area contributed by atoms with Gasteiger partial charge in [0.25, 0.3) is 0 Å². The summed E-state index contributed by atoms with van der Waals surface area (Å²) < 4.78 is 5.86. The van der Waals surface area contributed by atoms with Crippen molar-refractivity contribution < 1.29 is 14.3 Å². The Balaban J connectivity index is 1.38. The van der Waals surface area contributed by atoms with Crippen LogP contribution in [-0.4, -0.2) is 80.1 Å². The molecule has 0 saturated carbocycles. The van der Waals surface area contributed by atoms with E-state index in [0.29, 0.717) is 18.1 Å². The summed E-state index contributed by atoms with van der Waals surface area (Å²) in [6.07, 6.45) is 4.97. The van der Waals surface area contributed by atoms with Crippen molar-refractivity contribution in [2.24, 2.45) is 0 Å². The molecular weight excluding hydrogens is 528 g/mol. The maximum Gasteiger partial charge on any atom is 0.410 e. The molecule has 9 nitrogen and oxygen atoms in total. The summed E-state index contributed by atoms with van der Waals surface area (Å²) in [6, 6.07) is 7.31. The third-order valence-electron chi connectivity index (χ3n) is 8.06. The maximum atomic E-state index is 14.3. The van der Waals surface area contributed by atoms with Crippen molar-refractivity contribution in [3.8, 4) is 0 Å². The number of hydrogen-bond acceptors (Lipinski definition) is 6. The molecule has 1 aromatic carbocycles. The van der Waals surface area contributed by atoms with Crippen LogP contribution in [0, 0.1) is 6.92 Å². The van der Waals surface area contributed by atoms with E-state index in [4.69, 9.17) is 16.3 Å². The lowest BCUT2D eigenvalue weighted by molar-refractivity contribution is -0.137. The first-order valence-corrected chi connectivity index (χ1v) is 14.4. The second-order valence-electron chi connectivity index (χ2n) is 12.2. The summed E-state index contributed by atoms with van der Waals surface area (Å²) in [7, 11) is 0. The van der Waals surface area contributed by atoms with Crippen molar-refractivity contribution in [3.05, 3.63) is 52.9 Å². The number of amides is 2. The molecule has 5 rings (SSSR count). The first kappa shape index (κ1) is 28.2. The van der Waals surface area contributed by atoms with Crippen molar-refractivity contribution in [2.45, 2.75) is 84.0 Å². The molecular formula is C30H39ClN6O3. The van der Waals surface area contributed by atoms with Crippen molar-refractivity contribution in [1.82, 2.24) is 24.8 Å². The van der Waals surface area contributed by atoms with Gasteiger partial charge in [-0.05, 0) is 77.6 Å². The number of H-pyrrole nitrogens is 1. The normalized spacial score (nSPS) is 19.8. The monoisotopic (exact) mass is 566 g/mol. The average molecular weight is 567 g/mol. The number of aryl methyl sites for hydroxylation is 1. The van der Waals surface area contributed by atoms with Crippen LogP contribution in [0.25, 0.3) is 11.0 Å². The fraction of sp³-hybridized carbons (Fsp3) is 0.533. The summed E-state index contributed by atoms with van der Waals surface area (Å²) in [5, 5.41) is 1.62. The molecule has 0 aliphatic carbocycles. The van der Waals surface area contributed by atoms with Crippen LogP contribution in [0.3, 0.4) is 0 Å². The summed E-state index contributed by atoms with van der Waals surface area (Å²) in [6.45, 7) is 13.3. The van der Waals surface area contributed by atoms with E-state index in [9.17, 15) is 9.59 Å². The van der Waals surface area contributed by atoms with E-state index in [1.165, 1.54) is 0 Å². The Morgan fingerprint density at radius 1 is 1.12 bits per heavy atom. The molecule has 10 heteroatoms. The summed E-state index contributed by atoms with van der Waals surface area (Å²) >= 11 is 6.17. The Morgan fingerprint density at radius 2 is 1.77 bits per heavy atom. The molecule has 0 unspecified atom stereocenters. The number of rotatable bonds is 6. The lowest BCUT2D eigenvalue weighted by Crippen LogP contribution is -2.57. The van der Waals surface area contributed by atoms with Gasteiger partial charge >= 0.3 is 6.09 Å². The Hall–Kier alpha value is -3.33. The molecule has 4 heterocycles. The molecule has 2 aromatic heterocycles. The van der Waals surface area contributed by atoms with Crippen LogP contribution < -0.4 is 4.90 Å². The van der Waals surface area contributed by atoms with Crippen molar-refractivity contribution in [2.75, 3.05) is 24.6 Å². The van der Waals surface area contributed by atoms with E-state index < -0.39 is 17.6 Å². The van der Waals surface area contributed by atoms with Gasteiger partial charge in [-0.15, -0.1) is 0 Å². The molecule has 1 N–H and O–H groups in total. The zero-order chi connectivity index (χ0) is 28.8. The van der Waals surface area contributed by atoms with Crippen molar-refractivity contribution >= 4 is 40.5 Å². The second kappa shape index (κ2) is 10.9. The largest absolute Gasteiger partial charge is 0.448 e. The van der Waals surface area contributed by atoms with Crippen LogP contribution in [0.4, 0.5) is 10.6 Å². The van der Waals surface area contributed by atoms with Crippen LogP contribution in [-0.2, 0) is 9.53 Å². The summed E-state index contributed by atoms with van der Waals surface area (Å²) in [4.78, 5) is 45.7. The molecule has 2 fully saturated rings. The number of benzene rings is 1. The Labute approximate surface area is 240 Å². The van der Waals surface area contributed by atoms with E-state index in [2.05, 4.69) is 26.8 Å². The number of ether oxygens (including phenoxy) is 1. The number of aromatic nitrogens is 3. The van der Waals surface area contributed by atoms with Gasteiger partial charge in [0.15, 0.2) is 0 Å². The number of fused-ring (bicyclic) bond motifs is 3. The van der Waals surface area contributed by atoms with Gasteiger partial charge in [0.05, 0.1) is 11.3 Å². The fourth-order valence-electron chi connectivity index (χ4n) is 6.44. The van der Waals surface area contributed by atoms with Crippen LogP contribution in [0.1, 0.15) is 64.5 Å². The molecule has 3 aromatic rings. The first-order chi connectivity index (χ1) is 19.0. The quantitative estimate of drug-likeness (QED) is 0.422. The lowest BCUT2D eigenvalue weighted by atomic mass is 9.96. The molecule has 2 saturated heterocycles. The van der Waals surface area contributed by atoms with E-state index in [1.807, 2.05) is 57.8 Å². The molecule has 2 aliphatic heterocycles. The van der Waals surface area contributed by atoms with Gasteiger partial charge in [-0.2, -0.15) is 0 Å². The number of carbonyl (C=O) groups is 2. The first-order valence-electron chi connectivity index (χ1n) is 14.0. The highest BCUT2D eigenvalue weighted by Gasteiger charge is 2.45. The van der Waals surface area contributed by atoms with Gasteiger partial charge in [-0.25, -0.2) is 14.8 Å². The number of nitrogens with zero attached hydrogens (tertiary/aromatic N) is 5. The number of aromatic amines is 1. The standard InChI is InChI=1S/C30H39ClN6O3/c1-18(2)37(30(4,5)6)29(39)40-16-24(20-7-9-21(31)10-8-20)28(38)36-22-11-12-23(36)15-35(14-22)27-25-19(3)13-32-26(25)33-17-34-27/h7-10,13,17-18,22-24H,11-12,14-16H2,1-6H3,(H,32,33,34)/t22-,23+,24-/m1/s1. The van der Waals surface area contributed by atoms with Crippen molar-refractivity contribution in [3.63, 3.8) is 0 Å². The molecule has 3 atom stereocenters. The average Bonchev–Trinajstić information content (AvgIpc) is 3.39. The second-order valence-corrected chi connectivity index (χ2v) is 12.7. The minimum atomic E-state index is -0.623. The Bertz CT molecular complexity index is 1370. The number of nitrogens with one attached hydrogen (secondary N) is 1. The van der Waals surface area contributed by atoms with Crippen molar-refractivity contribution in [1.29, 1.82) is 0 Å². The molecule has 0 radical (unpaired) electrons. The van der Waals surface area contributed by atoms with Gasteiger partial charge in [0.1, 0.15) is 24.4 Å².